The Morgan fingerprint density at radius 1 is 1.08 bits per heavy atom. The van der Waals surface area contributed by atoms with Crippen LogP contribution in [0.2, 0.25) is 0 Å². The molecule has 2 aliphatic rings. The van der Waals surface area contributed by atoms with Crippen molar-refractivity contribution in [3.05, 3.63) is 65.7 Å². The molecule has 0 aliphatic heterocycles. The number of hydrogen-bond acceptors (Lipinski definition) is 6. The van der Waals surface area contributed by atoms with Crippen LogP contribution >= 0.6 is 0 Å². The van der Waals surface area contributed by atoms with Crippen LogP contribution in [0.4, 0.5) is 0 Å². The van der Waals surface area contributed by atoms with E-state index in [0.29, 0.717) is 38.4 Å². The number of benzene rings is 2. The van der Waals surface area contributed by atoms with Gasteiger partial charge in [-0.3, -0.25) is 0 Å². The lowest BCUT2D eigenvalue weighted by Gasteiger charge is -2.34. The van der Waals surface area contributed by atoms with Crippen LogP contribution < -0.4 is 15.2 Å². The molecule has 9 heteroatoms. The van der Waals surface area contributed by atoms with Crippen LogP contribution in [0.5, 0.6) is 5.75 Å². The molecule has 2 aliphatic carbocycles. The average Bonchev–Trinajstić information content (AvgIpc) is 3.29. The van der Waals surface area contributed by atoms with Gasteiger partial charge in [0.25, 0.3) is 0 Å². The largest absolute Gasteiger partial charge is 0.489 e. The second-order valence-corrected chi connectivity index (χ2v) is 12.0. The number of oxime groups is 1. The molecule has 4 rings (SSSR count). The molecular weight excluding hydrogens is 478 g/mol. The highest BCUT2D eigenvalue weighted by Gasteiger charge is 2.44. The first-order valence-electron chi connectivity index (χ1n) is 12.6. The topological polar surface area (TPSA) is 123 Å². The smallest absolute Gasteiger partial charge is 0.208 e. The highest BCUT2D eigenvalue weighted by molar-refractivity contribution is 7.88. The van der Waals surface area contributed by atoms with Crippen molar-refractivity contribution in [2.45, 2.75) is 69.6 Å². The van der Waals surface area contributed by atoms with E-state index < -0.39 is 15.4 Å². The summed E-state index contributed by atoms with van der Waals surface area (Å²) in [7, 11) is -3.33. The lowest BCUT2D eigenvalue weighted by atomic mass is 9.81. The summed E-state index contributed by atoms with van der Waals surface area (Å²) in [4.78, 5) is 0. The van der Waals surface area contributed by atoms with Gasteiger partial charge in [0.1, 0.15) is 18.2 Å². The fourth-order valence-electron chi connectivity index (χ4n) is 5.58. The summed E-state index contributed by atoms with van der Waals surface area (Å²) in [6.07, 6.45) is 6.73. The van der Waals surface area contributed by atoms with Crippen molar-refractivity contribution in [2.24, 2.45) is 16.3 Å². The minimum absolute atomic E-state index is 0.0870. The third-order valence-corrected chi connectivity index (χ3v) is 8.27. The standard InChI is InChI=1S/C27H37N3O5S/c1-36(32,33)30-22-15-16-27(17-22,26(28)29-31)19-35-23-13-11-21(12-14-23)24-9-5-6-10-25(24)34-18-20-7-3-2-4-8-20/h2-10,21-23,30-31H,11-19H2,1H3,(H2,28,29)/t21?,22-,23?,27-/m0/s1. The van der Waals surface area contributed by atoms with Gasteiger partial charge in [-0.05, 0) is 68.1 Å². The van der Waals surface area contributed by atoms with Gasteiger partial charge in [0.05, 0.1) is 24.4 Å². The van der Waals surface area contributed by atoms with Gasteiger partial charge in [-0.25, -0.2) is 13.1 Å². The van der Waals surface area contributed by atoms with Gasteiger partial charge in [0.15, 0.2) is 0 Å². The van der Waals surface area contributed by atoms with E-state index in [4.69, 9.17) is 15.2 Å². The minimum atomic E-state index is -3.33. The first-order chi connectivity index (χ1) is 17.3. The molecule has 2 aromatic rings. The molecule has 0 spiro atoms. The van der Waals surface area contributed by atoms with E-state index in [9.17, 15) is 13.6 Å². The number of ether oxygens (including phenoxy) is 2. The van der Waals surface area contributed by atoms with Gasteiger partial charge in [-0.15, -0.1) is 0 Å². The number of sulfonamides is 1. The number of nitrogens with one attached hydrogen (secondary N) is 1. The Labute approximate surface area is 213 Å². The Morgan fingerprint density at radius 2 is 1.78 bits per heavy atom. The van der Waals surface area contributed by atoms with Gasteiger partial charge in [0.2, 0.25) is 10.0 Å². The van der Waals surface area contributed by atoms with E-state index in [1.807, 2.05) is 30.3 Å². The van der Waals surface area contributed by atoms with Crippen LogP contribution in [0.25, 0.3) is 0 Å². The Hall–Kier alpha value is -2.62. The highest BCUT2D eigenvalue weighted by atomic mass is 32.2. The Kier molecular flexibility index (Phi) is 8.54. The maximum absolute atomic E-state index is 11.7. The lowest BCUT2D eigenvalue weighted by Crippen LogP contribution is -2.42. The van der Waals surface area contributed by atoms with Crippen LogP contribution in [-0.2, 0) is 21.4 Å². The third-order valence-electron chi connectivity index (χ3n) is 7.51. The van der Waals surface area contributed by atoms with E-state index >= 15 is 0 Å². The summed E-state index contributed by atoms with van der Waals surface area (Å²) in [6.45, 7) is 0.859. The van der Waals surface area contributed by atoms with E-state index in [0.717, 1.165) is 43.3 Å². The molecule has 36 heavy (non-hydrogen) atoms. The summed E-state index contributed by atoms with van der Waals surface area (Å²) < 4.78 is 38.5. The molecule has 0 unspecified atom stereocenters. The third kappa shape index (κ3) is 6.78. The van der Waals surface area contributed by atoms with Gasteiger partial charge < -0.3 is 20.4 Å². The summed E-state index contributed by atoms with van der Waals surface area (Å²) >= 11 is 0. The molecule has 8 nitrogen and oxygen atoms in total. The summed E-state index contributed by atoms with van der Waals surface area (Å²) in [5.74, 6) is 1.45. The zero-order valence-electron chi connectivity index (χ0n) is 20.8. The number of hydrogen-bond donors (Lipinski definition) is 3. The zero-order chi connectivity index (χ0) is 25.6. The lowest BCUT2D eigenvalue weighted by molar-refractivity contribution is -0.00856. The number of nitrogens with two attached hydrogens (primary N) is 1. The molecule has 0 radical (unpaired) electrons. The molecule has 0 saturated heterocycles. The fraction of sp³-hybridized carbons (Fsp3) is 0.519. The van der Waals surface area contributed by atoms with Crippen molar-refractivity contribution in [1.82, 2.24) is 4.72 Å². The predicted molar refractivity (Wildman–Crippen MR) is 140 cm³/mol. The number of amidine groups is 1. The molecule has 2 fully saturated rings. The van der Waals surface area contributed by atoms with Gasteiger partial charge in [0, 0.05) is 6.04 Å². The second kappa shape index (κ2) is 11.6. The Morgan fingerprint density at radius 3 is 2.47 bits per heavy atom. The molecule has 4 N–H and O–H groups in total. The molecule has 196 valence electrons. The normalized spacial score (nSPS) is 27.1. The first kappa shape index (κ1) is 26.4. The molecular formula is C27H37N3O5S. The van der Waals surface area contributed by atoms with E-state index in [1.54, 1.807) is 0 Å². The molecule has 0 heterocycles. The van der Waals surface area contributed by atoms with Gasteiger partial charge in [-0.2, -0.15) is 0 Å². The van der Waals surface area contributed by atoms with Crippen molar-refractivity contribution >= 4 is 15.9 Å². The predicted octanol–water partition coefficient (Wildman–Crippen LogP) is 4.14. The number of rotatable bonds is 10. The molecule has 0 aromatic heterocycles. The number of para-hydroxylation sites is 1. The SMILES string of the molecule is CS(=O)(=O)N[C@H]1CC[C@](COC2CCC(c3ccccc3OCc3ccccc3)CC2)(/C(N)=N/O)C1. The van der Waals surface area contributed by atoms with Crippen LogP contribution in [0.1, 0.15) is 62.0 Å². The molecule has 0 bridgehead atoms. The first-order valence-corrected chi connectivity index (χ1v) is 14.5. The molecule has 0 amide bonds. The van der Waals surface area contributed by atoms with Crippen molar-refractivity contribution in [3.63, 3.8) is 0 Å². The summed E-state index contributed by atoms with van der Waals surface area (Å²) in [5, 5.41) is 12.6. The van der Waals surface area contributed by atoms with Crippen molar-refractivity contribution < 1.29 is 23.1 Å². The molecule has 2 aromatic carbocycles. The number of nitrogens with zero attached hydrogens (tertiary/aromatic N) is 1. The van der Waals surface area contributed by atoms with Crippen LogP contribution in [0.3, 0.4) is 0 Å². The van der Waals surface area contributed by atoms with Gasteiger partial charge >= 0.3 is 0 Å². The average molecular weight is 516 g/mol. The Balaban J connectivity index is 1.32. The maximum atomic E-state index is 11.7. The van der Waals surface area contributed by atoms with E-state index in [2.05, 4.69) is 34.1 Å². The highest BCUT2D eigenvalue weighted by Crippen LogP contribution is 2.42. The Bertz CT molecular complexity index is 1130. The minimum Gasteiger partial charge on any atom is -0.489 e. The molecule has 2 atom stereocenters. The van der Waals surface area contributed by atoms with Crippen LogP contribution in [0, 0.1) is 5.41 Å². The van der Waals surface area contributed by atoms with Crippen molar-refractivity contribution in [3.8, 4) is 5.75 Å². The maximum Gasteiger partial charge on any atom is 0.208 e. The summed E-state index contributed by atoms with van der Waals surface area (Å²) in [5.41, 5.74) is 7.79. The van der Waals surface area contributed by atoms with Crippen LogP contribution in [0.15, 0.2) is 59.8 Å². The fourth-order valence-corrected chi connectivity index (χ4v) is 6.38. The van der Waals surface area contributed by atoms with Gasteiger partial charge in [-0.1, -0.05) is 53.7 Å². The van der Waals surface area contributed by atoms with Crippen LogP contribution in [-0.4, -0.2) is 44.5 Å². The summed E-state index contributed by atoms with van der Waals surface area (Å²) in [6, 6.07) is 18.2. The molecule has 2 saturated carbocycles. The second-order valence-electron chi connectivity index (χ2n) is 10.2. The monoisotopic (exact) mass is 515 g/mol. The van der Waals surface area contributed by atoms with E-state index in [1.165, 1.54) is 5.56 Å². The zero-order valence-corrected chi connectivity index (χ0v) is 21.6. The quantitative estimate of drug-likeness (QED) is 0.189. The van der Waals surface area contributed by atoms with E-state index in [-0.39, 0.29) is 18.0 Å². The van der Waals surface area contributed by atoms with Crippen molar-refractivity contribution in [2.75, 3.05) is 12.9 Å². The van der Waals surface area contributed by atoms with Crippen molar-refractivity contribution in [1.29, 1.82) is 0 Å².